The summed E-state index contributed by atoms with van der Waals surface area (Å²) in [5.74, 6) is -1.81. The van der Waals surface area contributed by atoms with Crippen LogP contribution in [0.2, 0.25) is 0 Å². The quantitative estimate of drug-likeness (QED) is 0.284. The van der Waals surface area contributed by atoms with Crippen LogP contribution in [0.25, 0.3) is 0 Å². The minimum atomic E-state index is -0.951. The number of allylic oxidation sites excluding steroid dienone is 1. The maximum absolute atomic E-state index is 11.9. The van der Waals surface area contributed by atoms with Crippen LogP contribution in [0.3, 0.4) is 0 Å². The van der Waals surface area contributed by atoms with Gasteiger partial charge in [-0.2, -0.15) is 0 Å². The average Bonchev–Trinajstić information content (AvgIpc) is 2.42. The Balaban J connectivity index is 3.68. The Kier molecular flexibility index (Phi) is 12.2. The van der Waals surface area contributed by atoms with Gasteiger partial charge in [0.1, 0.15) is 11.7 Å². The predicted molar refractivity (Wildman–Crippen MR) is 82.8 cm³/mol. The van der Waals surface area contributed by atoms with E-state index >= 15 is 0 Å². The van der Waals surface area contributed by atoms with Crippen molar-refractivity contribution in [2.45, 2.75) is 77.6 Å². The molecular formula is C17H30O3. The highest BCUT2D eigenvalue weighted by Gasteiger charge is 2.24. The number of rotatable bonds is 14. The third-order valence-corrected chi connectivity index (χ3v) is 3.61. The number of carboxylic acid groups (broad SMARTS) is 1. The number of carbonyl (C=O) groups excluding carboxylic acids is 1. The Morgan fingerprint density at radius 2 is 1.65 bits per heavy atom. The Labute approximate surface area is 123 Å². The van der Waals surface area contributed by atoms with Crippen LogP contribution in [0, 0.1) is 5.92 Å². The Morgan fingerprint density at radius 1 is 1.05 bits per heavy atom. The molecule has 0 aliphatic carbocycles. The van der Waals surface area contributed by atoms with Gasteiger partial charge in [0.25, 0.3) is 0 Å². The van der Waals surface area contributed by atoms with Crippen molar-refractivity contribution < 1.29 is 14.7 Å². The van der Waals surface area contributed by atoms with Crippen molar-refractivity contribution in [2.24, 2.45) is 5.92 Å². The fourth-order valence-corrected chi connectivity index (χ4v) is 2.30. The van der Waals surface area contributed by atoms with Crippen LogP contribution in [0.5, 0.6) is 0 Å². The Bertz CT molecular complexity index is 284. The van der Waals surface area contributed by atoms with E-state index in [0.717, 1.165) is 38.5 Å². The van der Waals surface area contributed by atoms with Gasteiger partial charge in [-0.05, 0) is 25.7 Å². The smallest absolute Gasteiger partial charge is 0.314 e. The zero-order valence-electron chi connectivity index (χ0n) is 12.9. The van der Waals surface area contributed by atoms with Gasteiger partial charge in [0.2, 0.25) is 0 Å². The normalized spacial score (nSPS) is 12.1. The fourth-order valence-electron chi connectivity index (χ4n) is 2.30. The summed E-state index contributed by atoms with van der Waals surface area (Å²) in [7, 11) is 0. The Morgan fingerprint density at radius 3 is 2.20 bits per heavy atom. The SMILES string of the molecule is C=CCCCCCCCCC(=O)C(CCCC)C(=O)O. The minimum Gasteiger partial charge on any atom is -0.481 e. The molecule has 0 aromatic rings. The zero-order chi connectivity index (χ0) is 15.2. The lowest BCUT2D eigenvalue weighted by molar-refractivity contribution is -0.146. The van der Waals surface area contributed by atoms with Gasteiger partial charge in [0, 0.05) is 6.42 Å². The van der Waals surface area contributed by atoms with Crippen LogP contribution in [0.1, 0.15) is 77.6 Å². The van der Waals surface area contributed by atoms with Gasteiger partial charge < -0.3 is 5.11 Å². The molecule has 0 saturated heterocycles. The summed E-state index contributed by atoms with van der Waals surface area (Å²) in [5, 5.41) is 9.06. The van der Waals surface area contributed by atoms with Crippen LogP contribution >= 0.6 is 0 Å². The van der Waals surface area contributed by atoms with Crippen LogP contribution in [0.4, 0.5) is 0 Å². The number of carboxylic acids is 1. The maximum atomic E-state index is 11.9. The van der Waals surface area contributed by atoms with E-state index in [1.54, 1.807) is 0 Å². The minimum absolute atomic E-state index is 0.0855. The van der Waals surface area contributed by atoms with Crippen molar-refractivity contribution in [3.8, 4) is 0 Å². The highest BCUT2D eigenvalue weighted by molar-refractivity contribution is 5.98. The summed E-state index contributed by atoms with van der Waals surface area (Å²) in [6.45, 7) is 5.70. The summed E-state index contributed by atoms with van der Waals surface area (Å²) in [4.78, 5) is 22.9. The van der Waals surface area contributed by atoms with Gasteiger partial charge >= 0.3 is 5.97 Å². The van der Waals surface area contributed by atoms with Gasteiger partial charge in [0.05, 0.1) is 0 Å². The third kappa shape index (κ3) is 9.76. The van der Waals surface area contributed by atoms with Crippen molar-refractivity contribution in [3.63, 3.8) is 0 Å². The number of ketones is 1. The van der Waals surface area contributed by atoms with Crippen LogP contribution in [-0.2, 0) is 9.59 Å². The lowest BCUT2D eigenvalue weighted by Crippen LogP contribution is -2.23. The van der Waals surface area contributed by atoms with E-state index in [2.05, 4.69) is 6.58 Å². The molecular weight excluding hydrogens is 252 g/mol. The van der Waals surface area contributed by atoms with E-state index in [1.165, 1.54) is 19.3 Å². The zero-order valence-corrected chi connectivity index (χ0v) is 12.9. The Hall–Kier alpha value is -1.12. The molecule has 0 radical (unpaired) electrons. The van der Waals surface area contributed by atoms with E-state index in [0.29, 0.717) is 12.8 Å². The van der Waals surface area contributed by atoms with Crippen LogP contribution in [-0.4, -0.2) is 16.9 Å². The molecule has 0 fully saturated rings. The van der Waals surface area contributed by atoms with Crippen LogP contribution in [0.15, 0.2) is 12.7 Å². The largest absolute Gasteiger partial charge is 0.481 e. The second-order valence-corrected chi connectivity index (χ2v) is 5.45. The number of hydrogen-bond donors (Lipinski definition) is 1. The number of hydrogen-bond acceptors (Lipinski definition) is 2. The van der Waals surface area contributed by atoms with E-state index < -0.39 is 11.9 Å². The predicted octanol–water partition coefficient (Wildman–Crippen LogP) is 4.75. The van der Waals surface area contributed by atoms with Gasteiger partial charge in [-0.1, -0.05) is 51.5 Å². The first-order valence-corrected chi connectivity index (χ1v) is 7.99. The first-order chi connectivity index (χ1) is 9.63. The number of unbranched alkanes of at least 4 members (excludes halogenated alkanes) is 7. The first kappa shape index (κ1) is 18.9. The van der Waals surface area contributed by atoms with Gasteiger partial charge in [-0.15, -0.1) is 6.58 Å². The number of carbonyl (C=O) groups is 2. The molecule has 20 heavy (non-hydrogen) atoms. The van der Waals surface area contributed by atoms with Crippen molar-refractivity contribution in [2.75, 3.05) is 0 Å². The molecule has 0 heterocycles. The van der Waals surface area contributed by atoms with Crippen molar-refractivity contribution >= 4 is 11.8 Å². The first-order valence-electron chi connectivity index (χ1n) is 7.99. The molecule has 0 saturated carbocycles. The van der Waals surface area contributed by atoms with Crippen molar-refractivity contribution in [1.29, 1.82) is 0 Å². The van der Waals surface area contributed by atoms with Gasteiger partial charge in [-0.25, -0.2) is 0 Å². The van der Waals surface area contributed by atoms with Gasteiger partial charge in [0.15, 0.2) is 0 Å². The average molecular weight is 282 g/mol. The lowest BCUT2D eigenvalue weighted by Gasteiger charge is -2.10. The molecule has 116 valence electrons. The topological polar surface area (TPSA) is 54.4 Å². The highest BCUT2D eigenvalue weighted by Crippen LogP contribution is 2.15. The second-order valence-electron chi connectivity index (χ2n) is 5.45. The summed E-state index contributed by atoms with van der Waals surface area (Å²) < 4.78 is 0. The second kappa shape index (κ2) is 12.9. The van der Waals surface area contributed by atoms with E-state index in [1.807, 2.05) is 13.0 Å². The molecule has 0 amide bonds. The molecule has 1 unspecified atom stereocenters. The molecule has 3 heteroatoms. The van der Waals surface area contributed by atoms with Crippen molar-refractivity contribution in [3.05, 3.63) is 12.7 Å². The lowest BCUT2D eigenvalue weighted by atomic mass is 9.94. The molecule has 1 atom stereocenters. The summed E-state index contributed by atoms with van der Waals surface area (Å²) >= 11 is 0. The summed E-state index contributed by atoms with van der Waals surface area (Å²) in [6, 6.07) is 0. The molecule has 0 bridgehead atoms. The summed E-state index contributed by atoms with van der Waals surface area (Å²) in [5.41, 5.74) is 0. The molecule has 0 aliphatic rings. The molecule has 0 aromatic carbocycles. The van der Waals surface area contributed by atoms with E-state index in [4.69, 9.17) is 5.11 Å². The molecule has 0 rings (SSSR count). The van der Waals surface area contributed by atoms with Gasteiger partial charge in [-0.3, -0.25) is 9.59 Å². The van der Waals surface area contributed by atoms with E-state index in [9.17, 15) is 9.59 Å². The van der Waals surface area contributed by atoms with Crippen LogP contribution < -0.4 is 0 Å². The molecule has 0 aromatic heterocycles. The summed E-state index contributed by atoms with van der Waals surface area (Å²) in [6.07, 6.45) is 12.3. The monoisotopic (exact) mass is 282 g/mol. The third-order valence-electron chi connectivity index (χ3n) is 3.61. The molecule has 0 spiro atoms. The van der Waals surface area contributed by atoms with Crippen molar-refractivity contribution in [1.82, 2.24) is 0 Å². The maximum Gasteiger partial charge on any atom is 0.314 e. The molecule has 1 N–H and O–H groups in total. The number of aliphatic carboxylic acids is 1. The highest BCUT2D eigenvalue weighted by atomic mass is 16.4. The molecule has 3 nitrogen and oxygen atoms in total. The van der Waals surface area contributed by atoms with E-state index in [-0.39, 0.29) is 5.78 Å². The number of Topliss-reactive ketones (excluding diaryl/α,β-unsaturated/α-hetero) is 1. The molecule has 0 aliphatic heterocycles. The fraction of sp³-hybridized carbons (Fsp3) is 0.765. The standard InChI is InChI=1S/C17H30O3/c1-3-5-7-8-9-10-11-12-14-16(18)15(17(19)20)13-6-4-2/h3,15H,1,4-14H2,2H3,(H,19,20).